The molecule has 1 fully saturated rings. The van der Waals surface area contributed by atoms with E-state index in [9.17, 15) is 9.59 Å². The maximum Gasteiger partial charge on any atom is 0.409 e. The summed E-state index contributed by atoms with van der Waals surface area (Å²) in [6.07, 6.45) is 2.27. The number of carbonyl (C=O) groups is 2. The average Bonchev–Trinajstić information content (AvgIpc) is 2.90. The molecule has 2 aliphatic heterocycles. The van der Waals surface area contributed by atoms with Gasteiger partial charge in [0.1, 0.15) is 0 Å². The summed E-state index contributed by atoms with van der Waals surface area (Å²) in [5, 5.41) is 0. The van der Waals surface area contributed by atoms with E-state index in [2.05, 4.69) is 13.0 Å². The number of nitrogens with zero attached hydrogens (tertiary/aromatic N) is 2. The smallest absolute Gasteiger partial charge is 0.409 e. The van der Waals surface area contributed by atoms with Gasteiger partial charge in [-0.3, -0.25) is 4.79 Å². The van der Waals surface area contributed by atoms with Crippen molar-refractivity contribution in [2.45, 2.75) is 39.2 Å². The van der Waals surface area contributed by atoms with Crippen LogP contribution in [0.15, 0.2) is 24.3 Å². The van der Waals surface area contributed by atoms with Crippen molar-refractivity contribution in [2.24, 2.45) is 5.92 Å². The predicted molar refractivity (Wildman–Crippen MR) is 88.4 cm³/mol. The molecule has 2 amide bonds. The van der Waals surface area contributed by atoms with Gasteiger partial charge in [-0.05, 0) is 44.7 Å². The lowest BCUT2D eigenvalue weighted by molar-refractivity contribution is -0.124. The first kappa shape index (κ1) is 15.8. The molecular formula is C18H24N2O3. The highest BCUT2D eigenvalue weighted by atomic mass is 16.6. The number of amides is 2. The van der Waals surface area contributed by atoms with Gasteiger partial charge in [-0.1, -0.05) is 18.2 Å². The zero-order valence-corrected chi connectivity index (χ0v) is 13.8. The van der Waals surface area contributed by atoms with E-state index in [1.165, 1.54) is 5.56 Å². The molecule has 0 N–H and O–H groups in total. The molecule has 5 heteroatoms. The number of fused-ring (bicyclic) bond motifs is 1. The Morgan fingerprint density at radius 1 is 1.30 bits per heavy atom. The summed E-state index contributed by atoms with van der Waals surface area (Å²) in [5.74, 6) is -0.00166. The molecule has 0 aliphatic carbocycles. The molecule has 1 aromatic rings. The number of anilines is 1. The standard InChI is InChI=1S/C18H24N2O3/c1-3-23-18(22)19-10-6-8-15(12-19)17(21)20-13(2)11-14-7-4-5-9-16(14)20/h4-5,7,9,13,15H,3,6,8,10-12H2,1-2H3. The van der Waals surface area contributed by atoms with Gasteiger partial charge in [0, 0.05) is 24.8 Å². The SMILES string of the molecule is CCOC(=O)N1CCCC(C(=O)N2c3ccccc3CC2C)C1. The van der Waals surface area contributed by atoms with Crippen molar-refractivity contribution in [3.8, 4) is 0 Å². The molecule has 0 spiro atoms. The molecule has 0 saturated carbocycles. The summed E-state index contributed by atoms with van der Waals surface area (Å²) in [6, 6.07) is 8.27. The average molecular weight is 316 g/mol. The van der Waals surface area contributed by atoms with Crippen molar-refractivity contribution in [1.29, 1.82) is 0 Å². The molecule has 2 unspecified atom stereocenters. The maximum absolute atomic E-state index is 13.0. The maximum atomic E-state index is 13.0. The van der Waals surface area contributed by atoms with Gasteiger partial charge < -0.3 is 14.5 Å². The van der Waals surface area contributed by atoms with E-state index < -0.39 is 0 Å². The molecular weight excluding hydrogens is 292 g/mol. The lowest BCUT2D eigenvalue weighted by Crippen LogP contribution is -2.48. The zero-order chi connectivity index (χ0) is 16.4. The van der Waals surface area contributed by atoms with Crippen molar-refractivity contribution in [3.63, 3.8) is 0 Å². The van der Waals surface area contributed by atoms with E-state index in [1.54, 1.807) is 11.8 Å². The molecule has 0 bridgehead atoms. The summed E-state index contributed by atoms with van der Waals surface area (Å²) in [5.41, 5.74) is 2.25. The lowest BCUT2D eigenvalue weighted by Gasteiger charge is -2.34. The second-order valence-electron chi connectivity index (χ2n) is 6.37. The topological polar surface area (TPSA) is 49.9 Å². The van der Waals surface area contributed by atoms with E-state index >= 15 is 0 Å². The first-order valence-corrected chi connectivity index (χ1v) is 8.44. The zero-order valence-electron chi connectivity index (χ0n) is 13.8. The van der Waals surface area contributed by atoms with Gasteiger partial charge in [-0.25, -0.2) is 4.79 Å². The Kier molecular flexibility index (Phi) is 4.55. The third-order valence-electron chi connectivity index (χ3n) is 4.74. The Morgan fingerprint density at radius 2 is 2.09 bits per heavy atom. The van der Waals surface area contributed by atoms with Crippen molar-refractivity contribution >= 4 is 17.7 Å². The Bertz CT molecular complexity index is 602. The number of piperidine rings is 1. The fourth-order valence-corrected chi connectivity index (χ4v) is 3.66. The number of carbonyl (C=O) groups excluding carboxylic acids is 2. The van der Waals surface area contributed by atoms with Crippen molar-refractivity contribution in [2.75, 3.05) is 24.6 Å². The molecule has 2 heterocycles. The highest BCUT2D eigenvalue weighted by Crippen LogP contribution is 2.34. The van der Waals surface area contributed by atoms with Crippen LogP contribution in [0.3, 0.4) is 0 Å². The molecule has 3 rings (SSSR count). The van der Waals surface area contributed by atoms with E-state index in [-0.39, 0.29) is 24.0 Å². The highest BCUT2D eigenvalue weighted by Gasteiger charge is 2.37. The van der Waals surface area contributed by atoms with E-state index in [1.807, 2.05) is 23.1 Å². The number of hydrogen-bond acceptors (Lipinski definition) is 3. The van der Waals surface area contributed by atoms with Gasteiger partial charge in [0.2, 0.25) is 5.91 Å². The van der Waals surface area contributed by atoms with Crippen LogP contribution in [0.5, 0.6) is 0 Å². The van der Waals surface area contributed by atoms with Crippen molar-refractivity contribution in [3.05, 3.63) is 29.8 Å². The normalized spacial score (nSPS) is 23.6. The predicted octanol–water partition coefficient (Wildman–Crippen LogP) is 2.83. The number of ether oxygens (including phenoxy) is 1. The molecule has 0 radical (unpaired) electrons. The number of likely N-dealkylation sites (tertiary alicyclic amines) is 1. The summed E-state index contributed by atoms with van der Waals surface area (Å²) >= 11 is 0. The van der Waals surface area contributed by atoms with Crippen LogP contribution in [0.1, 0.15) is 32.3 Å². The van der Waals surface area contributed by atoms with Gasteiger partial charge in [-0.2, -0.15) is 0 Å². The fraction of sp³-hybridized carbons (Fsp3) is 0.556. The summed E-state index contributed by atoms with van der Waals surface area (Å²) in [4.78, 5) is 28.6. The first-order chi connectivity index (χ1) is 11.1. The Balaban J connectivity index is 1.74. The van der Waals surface area contributed by atoms with Crippen LogP contribution in [0, 0.1) is 5.92 Å². The third kappa shape index (κ3) is 3.05. The molecule has 124 valence electrons. The number of benzene rings is 1. The minimum absolute atomic E-state index is 0.136. The molecule has 1 aromatic carbocycles. The van der Waals surface area contributed by atoms with Crippen LogP contribution in [-0.4, -0.2) is 42.6 Å². The summed E-state index contributed by atoms with van der Waals surface area (Å²) < 4.78 is 5.07. The van der Waals surface area contributed by atoms with Crippen LogP contribution in [0.4, 0.5) is 10.5 Å². The molecule has 0 aromatic heterocycles. The number of hydrogen-bond donors (Lipinski definition) is 0. The van der Waals surface area contributed by atoms with Crippen molar-refractivity contribution < 1.29 is 14.3 Å². The number of para-hydroxylation sites is 1. The van der Waals surface area contributed by atoms with Crippen LogP contribution in [0.2, 0.25) is 0 Å². The van der Waals surface area contributed by atoms with Gasteiger partial charge >= 0.3 is 6.09 Å². The van der Waals surface area contributed by atoms with Gasteiger partial charge in [0.05, 0.1) is 12.5 Å². The third-order valence-corrected chi connectivity index (χ3v) is 4.74. The number of rotatable bonds is 2. The van der Waals surface area contributed by atoms with Gasteiger partial charge in [-0.15, -0.1) is 0 Å². The summed E-state index contributed by atoms with van der Waals surface area (Å²) in [6.45, 7) is 5.39. The first-order valence-electron chi connectivity index (χ1n) is 8.44. The second kappa shape index (κ2) is 6.60. The molecule has 5 nitrogen and oxygen atoms in total. The lowest BCUT2D eigenvalue weighted by atomic mass is 9.96. The van der Waals surface area contributed by atoms with Crippen LogP contribution in [-0.2, 0) is 16.0 Å². The molecule has 23 heavy (non-hydrogen) atoms. The van der Waals surface area contributed by atoms with E-state index in [4.69, 9.17) is 4.74 Å². The molecule has 2 aliphatic rings. The Hall–Kier alpha value is -2.04. The monoisotopic (exact) mass is 316 g/mol. The highest BCUT2D eigenvalue weighted by molar-refractivity contribution is 5.98. The van der Waals surface area contributed by atoms with Crippen molar-refractivity contribution in [1.82, 2.24) is 4.90 Å². The van der Waals surface area contributed by atoms with E-state index in [0.29, 0.717) is 19.7 Å². The minimum Gasteiger partial charge on any atom is -0.450 e. The molecule has 1 saturated heterocycles. The summed E-state index contributed by atoms with van der Waals surface area (Å²) in [7, 11) is 0. The van der Waals surface area contributed by atoms with Gasteiger partial charge in [0.15, 0.2) is 0 Å². The van der Waals surface area contributed by atoms with Crippen LogP contribution < -0.4 is 4.90 Å². The Morgan fingerprint density at radius 3 is 2.87 bits per heavy atom. The minimum atomic E-state index is -0.306. The largest absolute Gasteiger partial charge is 0.450 e. The Labute approximate surface area is 137 Å². The quantitative estimate of drug-likeness (QED) is 0.843. The molecule has 2 atom stereocenters. The van der Waals surface area contributed by atoms with Gasteiger partial charge in [0.25, 0.3) is 0 Å². The fourth-order valence-electron chi connectivity index (χ4n) is 3.66. The van der Waals surface area contributed by atoms with E-state index in [0.717, 1.165) is 24.9 Å². The second-order valence-corrected chi connectivity index (χ2v) is 6.37. The van der Waals surface area contributed by atoms with Crippen LogP contribution >= 0.6 is 0 Å². The van der Waals surface area contributed by atoms with Crippen LogP contribution in [0.25, 0.3) is 0 Å².